The second-order valence-corrected chi connectivity index (χ2v) is 2.38. The molecule has 0 aromatic carbocycles. The lowest BCUT2D eigenvalue weighted by atomic mass is 10.5. The summed E-state index contributed by atoms with van der Waals surface area (Å²) in [7, 11) is 3.65. The maximum absolute atomic E-state index is 4.93. The maximum atomic E-state index is 4.93. The van der Waals surface area contributed by atoms with Crippen molar-refractivity contribution in [1.82, 2.24) is 10.3 Å². The van der Waals surface area contributed by atoms with Gasteiger partial charge in [0, 0.05) is 14.2 Å². The molecular weight excluding hydrogens is 130 g/mol. The summed E-state index contributed by atoms with van der Waals surface area (Å²) < 4.78 is 4.93. The summed E-state index contributed by atoms with van der Waals surface area (Å²) in [5, 5.41) is 4.06. The average Bonchev–Trinajstić information content (AvgIpc) is 2.20. The highest BCUT2D eigenvalue weighted by Gasteiger charge is 2.18. The molecule has 0 saturated heterocycles. The molecule has 0 saturated carbocycles. The van der Waals surface area contributed by atoms with Gasteiger partial charge >= 0.3 is 0 Å². The molecule has 0 fully saturated rings. The highest BCUT2D eigenvalue weighted by Crippen LogP contribution is 2.01. The van der Waals surface area contributed by atoms with Gasteiger partial charge in [-0.1, -0.05) is 0 Å². The van der Waals surface area contributed by atoms with E-state index in [0.717, 1.165) is 5.84 Å². The average molecular weight is 143 g/mol. The number of amidine groups is 1. The van der Waals surface area contributed by atoms with Crippen LogP contribution in [0.5, 0.6) is 0 Å². The summed E-state index contributed by atoms with van der Waals surface area (Å²) in [5.41, 5.74) is 2.94. The van der Waals surface area contributed by atoms with E-state index < -0.39 is 0 Å². The van der Waals surface area contributed by atoms with E-state index in [9.17, 15) is 0 Å². The Morgan fingerprint density at radius 1 is 1.80 bits per heavy atom. The Morgan fingerprint density at radius 3 is 2.90 bits per heavy atom. The molecule has 0 radical (unpaired) electrons. The molecule has 0 bridgehead atoms. The normalized spacial score (nSPS) is 24.5. The molecule has 0 aliphatic carbocycles. The van der Waals surface area contributed by atoms with Crippen LogP contribution in [0.1, 0.15) is 6.92 Å². The van der Waals surface area contributed by atoms with E-state index in [1.165, 1.54) is 0 Å². The van der Waals surface area contributed by atoms with Crippen molar-refractivity contribution in [3.8, 4) is 0 Å². The van der Waals surface area contributed by atoms with E-state index in [0.29, 0.717) is 12.8 Å². The summed E-state index contributed by atoms with van der Waals surface area (Å²) >= 11 is 0. The van der Waals surface area contributed by atoms with Gasteiger partial charge in [0.25, 0.3) is 0 Å². The Balaban J connectivity index is 2.46. The van der Waals surface area contributed by atoms with Crippen molar-refractivity contribution in [2.24, 2.45) is 5.10 Å². The first-order valence-electron chi connectivity index (χ1n) is 3.29. The number of rotatable bonds is 2. The van der Waals surface area contributed by atoms with E-state index in [1.54, 1.807) is 7.11 Å². The summed E-state index contributed by atoms with van der Waals surface area (Å²) in [6, 6.07) is 0. The van der Waals surface area contributed by atoms with Gasteiger partial charge in [-0.15, -0.1) is 0 Å². The van der Waals surface area contributed by atoms with E-state index in [1.807, 2.05) is 18.9 Å². The molecule has 0 spiro atoms. The highest BCUT2D eigenvalue weighted by atomic mass is 16.5. The predicted octanol–water partition coefficient (Wildman–Crippen LogP) is -0.173. The van der Waals surface area contributed by atoms with Gasteiger partial charge in [0.2, 0.25) is 0 Å². The van der Waals surface area contributed by atoms with E-state index >= 15 is 0 Å². The van der Waals surface area contributed by atoms with Gasteiger partial charge < -0.3 is 9.64 Å². The number of methoxy groups -OCH3 is 1. The smallest absolute Gasteiger partial charge is 0.152 e. The van der Waals surface area contributed by atoms with Crippen molar-refractivity contribution < 1.29 is 4.74 Å². The zero-order chi connectivity index (χ0) is 7.56. The standard InChI is InChI=1S/C6H13N3O/c1-5-7-8-6(4-10-3)9(5)2/h5,7H,4H2,1-3H3. The Bertz CT molecular complexity index is 146. The fraction of sp³-hybridized carbons (Fsp3) is 0.833. The molecule has 4 nitrogen and oxygen atoms in total. The Labute approximate surface area is 60.8 Å². The van der Waals surface area contributed by atoms with Crippen molar-refractivity contribution >= 4 is 5.84 Å². The number of hydrogen-bond donors (Lipinski definition) is 1. The first kappa shape index (κ1) is 7.34. The number of hydrogen-bond acceptors (Lipinski definition) is 4. The molecule has 1 aliphatic rings. The number of ether oxygens (including phenoxy) is 1. The zero-order valence-electron chi connectivity index (χ0n) is 6.59. The SMILES string of the molecule is COCC1=NNC(C)N1C. The molecule has 1 unspecified atom stereocenters. The Morgan fingerprint density at radius 2 is 2.50 bits per heavy atom. The molecule has 0 amide bonds. The van der Waals surface area contributed by atoms with Crippen LogP contribution in [0, 0.1) is 0 Å². The Hall–Kier alpha value is -0.770. The topological polar surface area (TPSA) is 36.9 Å². The number of nitrogens with one attached hydrogen (secondary N) is 1. The molecule has 1 rings (SSSR count). The number of likely N-dealkylation sites (N-methyl/N-ethyl adjacent to an activating group) is 1. The lowest BCUT2D eigenvalue weighted by Gasteiger charge is -2.17. The molecular formula is C6H13N3O. The minimum Gasteiger partial charge on any atom is -0.377 e. The van der Waals surface area contributed by atoms with Crippen LogP contribution in [0.2, 0.25) is 0 Å². The minimum absolute atomic E-state index is 0.296. The molecule has 4 heteroatoms. The third-order valence-corrected chi connectivity index (χ3v) is 1.64. The predicted molar refractivity (Wildman–Crippen MR) is 39.7 cm³/mol. The van der Waals surface area contributed by atoms with E-state index in [2.05, 4.69) is 10.5 Å². The molecule has 0 aromatic rings. The van der Waals surface area contributed by atoms with Gasteiger partial charge in [-0.3, -0.25) is 5.43 Å². The molecule has 1 N–H and O–H groups in total. The van der Waals surface area contributed by atoms with E-state index in [4.69, 9.17) is 4.74 Å². The van der Waals surface area contributed by atoms with Crippen molar-refractivity contribution in [3.05, 3.63) is 0 Å². The Kier molecular flexibility index (Phi) is 2.11. The minimum atomic E-state index is 0.296. The van der Waals surface area contributed by atoms with Crippen LogP contribution in [0.25, 0.3) is 0 Å². The maximum Gasteiger partial charge on any atom is 0.152 e. The van der Waals surface area contributed by atoms with Crippen LogP contribution in [0.4, 0.5) is 0 Å². The van der Waals surface area contributed by atoms with Crippen LogP contribution < -0.4 is 5.43 Å². The van der Waals surface area contributed by atoms with E-state index in [-0.39, 0.29) is 0 Å². The van der Waals surface area contributed by atoms with Gasteiger partial charge in [0.1, 0.15) is 12.8 Å². The summed E-state index contributed by atoms with van der Waals surface area (Å²) in [6.07, 6.45) is 0.296. The van der Waals surface area contributed by atoms with Crippen molar-refractivity contribution in [2.45, 2.75) is 13.1 Å². The fourth-order valence-electron chi connectivity index (χ4n) is 0.820. The molecule has 1 atom stereocenters. The third-order valence-electron chi connectivity index (χ3n) is 1.64. The van der Waals surface area contributed by atoms with Crippen LogP contribution in [-0.4, -0.2) is 37.7 Å². The molecule has 10 heavy (non-hydrogen) atoms. The number of nitrogens with zero attached hydrogens (tertiary/aromatic N) is 2. The first-order chi connectivity index (χ1) is 4.75. The quantitative estimate of drug-likeness (QED) is 0.583. The second kappa shape index (κ2) is 2.88. The fourth-order valence-corrected chi connectivity index (χ4v) is 0.820. The van der Waals surface area contributed by atoms with Crippen LogP contribution in [-0.2, 0) is 4.74 Å². The lowest BCUT2D eigenvalue weighted by molar-refractivity contribution is 0.232. The van der Waals surface area contributed by atoms with Crippen molar-refractivity contribution in [1.29, 1.82) is 0 Å². The molecule has 1 heterocycles. The second-order valence-electron chi connectivity index (χ2n) is 2.38. The van der Waals surface area contributed by atoms with Gasteiger partial charge in [-0.05, 0) is 6.92 Å². The summed E-state index contributed by atoms with van der Waals surface area (Å²) in [6.45, 7) is 2.62. The van der Waals surface area contributed by atoms with Crippen molar-refractivity contribution in [3.63, 3.8) is 0 Å². The molecule has 1 aliphatic heterocycles. The summed E-state index contributed by atoms with van der Waals surface area (Å²) in [4.78, 5) is 2.05. The van der Waals surface area contributed by atoms with Gasteiger partial charge in [-0.2, -0.15) is 5.10 Å². The van der Waals surface area contributed by atoms with Crippen LogP contribution >= 0.6 is 0 Å². The largest absolute Gasteiger partial charge is 0.377 e. The van der Waals surface area contributed by atoms with Gasteiger partial charge in [0.15, 0.2) is 5.84 Å². The van der Waals surface area contributed by atoms with Crippen molar-refractivity contribution in [2.75, 3.05) is 20.8 Å². The zero-order valence-corrected chi connectivity index (χ0v) is 6.59. The molecule has 0 aromatic heterocycles. The van der Waals surface area contributed by atoms with Gasteiger partial charge in [-0.25, -0.2) is 0 Å². The van der Waals surface area contributed by atoms with Crippen LogP contribution in [0.15, 0.2) is 5.10 Å². The van der Waals surface area contributed by atoms with Crippen LogP contribution in [0.3, 0.4) is 0 Å². The summed E-state index contributed by atoms with van der Waals surface area (Å²) in [5.74, 6) is 0.954. The highest BCUT2D eigenvalue weighted by molar-refractivity contribution is 5.84. The first-order valence-corrected chi connectivity index (χ1v) is 3.29. The third kappa shape index (κ3) is 1.21. The van der Waals surface area contributed by atoms with Gasteiger partial charge in [0.05, 0.1) is 0 Å². The lowest BCUT2D eigenvalue weighted by Crippen LogP contribution is -2.35. The monoisotopic (exact) mass is 143 g/mol. The number of hydrazone groups is 1. The molecule has 58 valence electrons.